The van der Waals surface area contributed by atoms with Crippen molar-refractivity contribution in [1.82, 2.24) is 24.6 Å². The SMILES string of the molecule is Cc1cc(NCc2cccnc2N2CCCCC2)n2nc(C(F)(F)F)nc2n1. The van der Waals surface area contributed by atoms with Crippen molar-refractivity contribution in [3.05, 3.63) is 41.5 Å². The summed E-state index contributed by atoms with van der Waals surface area (Å²) in [6, 6.07) is 5.48. The van der Waals surface area contributed by atoms with Gasteiger partial charge in [0.15, 0.2) is 0 Å². The van der Waals surface area contributed by atoms with Crippen LogP contribution in [0.1, 0.15) is 36.3 Å². The molecule has 1 aliphatic rings. The Morgan fingerprint density at radius 3 is 2.68 bits per heavy atom. The molecule has 1 aliphatic heterocycles. The van der Waals surface area contributed by atoms with Crippen LogP contribution in [0, 0.1) is 6.92 Å². The molecular formula is C18H20F3N7. The van der Waals surface area contributed by atoms with Crippen LogP contribution in [-0.2, 0) is 12.7 Å². The summed E-state index contributed by atoms with van der Waals surface area (Å²) >= 11 is 0. The molecule has 7 nitrogen and oxygen atoms in total. The van der Waals surface area contributed by atoms with Gasteiger partial charge in [0, 0.05) is 43.2 Å². The number of piperidine rings is 1. The Hall–Kier alpha value is -2.91. The number of nitrogens with one attached hydrogen (secondary N) is 1. The Bertz CT molecular complexity index is 977. The predicted molar refractivity (Wildman–Crippen MR) is 98.1 cm³/mol. The predicted octanol–water partition coefficient (Wildman–Crippen LogP) is 3.45. The molecule has 10 heteroatoms. The summed E-state index contributed by atoms with van der Waals surface area (Å²) in [7, 11) is 0. The fourth-order valence-corrected chi connectivity index (χ4v) is 3.38. The second-order valence-electron chi connectivity index (χ2n) is 6.82. The molecule has 0 atom stereocenters. The smallest absolute Gasteiger partial charge is 0.366 e. The number of aryl methyl sites for hydroxylation is 1. The van der Waals surface area contributed by atoms with Crippen LogP contribution in [0.25, 0.3) is 5.78 Å². The van der Waals surface area contributed by atoms with Crippen LogP contribution in [0.3, 0.4) is 0 Å². The van der Waals surface area contributed by atoms with E-state index in [-0.39, 0.29) is 5.78 Å². The van der Waals surface area contributed by atoms with E-state index in [1.54, 1.807) is 19.2 Å². The summed E-state index contributed by atoms with van der Waals surface area (Å²) in [5, 5.41) is 6.75. The van der Waals surface area contributed by atoms with Crippen molar-refractivity contribution in [3.63, 3.8) is 0 Å². The van der Waals surface area contributed by atoms with Crippen molar-refractivity contribution < 1.29 is 13.2 Å². The van der Waals surface area contributed by atoms with Gasteiger partial charge in [-0.3, -0.25) is 0 Å². The maximum atomic E-state index is 13.0. The number of rotatable bonds is 4. The highest BCUT2D eigenvalue weighted by atomic mass is 19.4. The normalized spacial score (nSPS) is 15.2. The number of hydrogen-bond acceptors (Lipinski definition) is 6. The van der Waals surface area contributed by atoms with Gasteiger partial charge in [-0.05, 0) is 32.3 Å². The van der Waals surface area contributed by atoms with E-state index in [1.807, 2.05) is 12.1 Å². The lowest BCUT2D eigenvalue weighted by molar-refractivity contribution is -0.144. The molecule has 1 saturated heterocycles. The van der Waals surface area contributed by atoms with E-state index in [0.29, 0.717) is 18.1 Å². The fourth-order valence-electron chi connectivity index (χ4n) is 3.38. The monoisotopic (exact) mass is 391 g/mol. The van der Waals surface area contributed by atoms with E-state index in [2.05, 4.69) is 30.3 Å². The van der Waals surface area contributed by atoms with Crippen LogP contribution >= 0.6 is 0 Å². The molecule has 0 bridgehead atoms. The van der Waals surface area contributed by atoms with Crippen molar-refractivity contribution in [1.29, 1.82) is 0 Å². The number of hydrogen-bond donors (Lipinski definition) is 1. The van der Waals surface area contributed by atoms with Crippen LogP contribution in [0.5, 0.6) is 0 Å². The van der Waals surface area contributed by atoms with E-state index in [4.69, 9.17) is 0 Å². The van der Waals surface area contributed by atoms with Gasteiger partial charge in [-0.1, -0.05) is 6.07 Å². The molecule has 0 radical (unpaired) electrons. The Labute approximate surface area is 159 Å². The molecule has 4 heterocycles. The van der Waals surface area contributed by atoms with Crippen molar-refractivity contribution >= 4 is 17.4 Å². The summed E-state index contributed by atoms with van der Waals surface area (Å²) in [4.78, 5) is 14.3. The van der Waals surface area contributed by atoms with Gasteiger partial charge in [0.05, 0.1) is 0 Å². The zero-order valence-electron chi connectivity index (χ0n) is 15.4. The maximum Gasteiger partial charge on any atom is 0.453 e. The van der Waals surface area contributed by atoms with E-state index >= 15 is 0 Å². The Balaban J connectivity index is 1.62. The second-order valence-corrected chi connectivity index (χ2v) is 6.82. The minimum atomic E-state index is -4.62. The first kappa shape index (κ1) is 18.5. The van der Waals surface area contributed by atoms with Crippen LogP contribution in [0.2, 0.25) is 0 Å². The molecule has 28 heavy (non-hydrogen) atoms. The number of pyridine rings is 1. The molecule has 1 fully saturated rings. The van der Waals surface area contributed by atoms with E-state index in [1.165, 1.54) is 6.42 Å². The summed E-state index contributed by atoms with van der Waals surface area (Å²) < 4.78 is 40.0. The lowest BCUT2D eigenvalue weighted by Crippen LogP contribution is -2.31. The lowest BCUT2D eigenvalue weighted by atomic mass is 10.1. The van der Waals surface area contributed by atoms with Crippen molar-refractivity contribution in [2.45, 2.75) is 38.9 Å². The molecular weight excluding hydrogens is 371 g/mol. The van der Waals surface area contributed by atoms with Gasteiger partial charge in [-0.15, -0.1) is 5.10 Å². The fraction of sp³-hybridized carbons (Fsp3) is 0.444. The molecule has 3 aromatic heterocycles. The summed E-state index contributed by atoms with van der Waals surface area (Å²) in [5.41, 5.74) is 1.53. The minimum Gasteiger partial charge on any atom is -0.366 e. The van der Waals surface area contributed by atoms with Gasteiger partial charge in [0.1, 0.15) is 11.6 Å². The molecule has 0 saturated carbocycles. The number of alkyl halides is 3. The molecule has 0 spiro atoms. The van der Waals surface area contributed by atoms with Gasteiger partial charge in [-0.25, -0.2) is 9.97 Å². The number of halogens is 3. The number of aromatic nitrogens is 5. The summed E-state index contributed by atoms with van der Waals surface area (Å²) in [5.74, 6) is 0.0199. The van der Waals surface area contributed by atoms with Crippen molar-refractivity contribution in [3.8, 4) is 0 Å². The van der Waals surface area contributed by atoms with E-state index in [9.17, 15) is 13.2 Å². The van der Waals surface area contributed by atoms with E-state index < -0.39 is 12.0 Å². The first-order valence-electron chi connectivity index (χ1n) is 9.16. The molecule has 4 rings (SSSR count). The Kier molecular flexibility index (Phi) is 4.78. The molecule has 3 aromatic rings. The van der Waals surface area contributed by atoms with Gasteiger partial charge >= 0.3 is 6.18 Å². The second kappa shape index (κ2) is 7.25. The van der Waals surface area contributed by atoms with Gasteiger partial charge in [0.2, 0.25) is 0 Å². The standard InChI is InChI=1S/C18H20F3N7/c1-12-10-14(28-17(24-12)25-16(26-28)18(19,20)21)23-11-13-6-5-7-22-15(13)27-8-3-2-4-9-27/h5-7,10,23H,2-4,8-9,11H2,1H3. The largest absolute Gasteiger partial charge is 0.453 e. The quantitative estimate of drug-likeness (QED) is 0.735. The number of nitrogens with zero attached hydrogens (tertiary/aromatic N) is 6. The molecule has 0 amide bonds. The number of anilines is 2. The van der Waals surface area contributed by atoms with Crippen molar-refractivity contribution in [2.75, 3.05) is 23.3 Å². The third-order valence-corrected chi connectivity index (χ3v) is 4.68. The molecule has 0 aromatic carbocycles. The average molecular weight is 391 g/mol. The van der Waals surface area contributed by atoms with Crippen LogP contribution in [-0.4, -0.2) is 37.7 Å². The molecule has 1 N–H and O–H groups in total. The zero-order chi connectivity index (χ0) is 19.7. The molecule has 148 valence electrons. The lowest BCUT2D eigenvalue weighted by Gasteiger charge is -2.29. The van der Waals surface area contributed by atoms with E-state index in [0.717, 1.165) is 41.8 Å². The zero-order valence-corrected chi connectivity index (χ0v) is 15.4. The highest BCUT2D eigenvalue weighted by Crippen LogP contribution is 2.27. The van der Waals surface area contributed by atoms with Crippen molar-refractivity contribution in [2.24, 2.45) is 0 Å². The maximum absolute atomic E-state index is 13.0. The highest BCUT2D eigenvalue weighted by molar-refractivity contribution is 5.51. The van der Waals surface area contributed by atoms with Crippen LogP contribution in [0.4, 0.5) is 24.8 Å². The van der Waals surface area contributed by atoms with Crippen LogP contribution in [0.15, 0.2) is 24.4 Å². The minimum absolute atomic E-state index is 0.0859. The average Bonchev–Trinajstić information content (AvgIpc) is 3.11. The first-order chi connectivity index (χ1) is 13.4. The molecule has 0 aliphatic carbocycles. The third-order valence-electron chi connectivity index (χ3n) is 4.68. The summed E-state index contributed by atoms with van der Waals surface area (Å²) in [6.45, 7) is 4.02. The number of fused-ring (bicyclic) bond motifs is 1. The van der Waals surface area contributed by atoms with Crippen LogP contribution < -0.4 is 10.2 Å². The Morgan fingerprint density at radius 1 is 1.14 bits per heavy atom. The highest BCUT2D eigenvalue weighted by Gasteiger charge is 2.36. The van der Waals surface area contributed by atoms with Gasteiger partial charge in [0.25, 0.3) is 11.6 Å². The van der Waals surface area contributed by atoms with Gasteiger partial charge in [-0.2, -0.15) is 22.7 Å². The molecule has 0 unspecified atom stereocenters. The summed E-state index contributed by atoms with van der Waals surface area (Å²) in [6.07, 6.45) is 0.623. The Morgan fingerprint density at radius 2 is 1.93 bits per heavy atom. The third kappa shape index (κ3) is 3.71. The topological polar surface area (TPSA) is 71.2 Å². The van der Waals surface area contributed by atoms with Gasteiger partial charge < -0.3 is 10.2 Å². The first-order valence-corrected chi connectivity index (χ1v) is 9.16.